The lowest BCUT2D eigenvalue weighted by molar-refractivity contribution is 1.18. The van der Waals surface area contributed by atoms with Gasteiger partial charge in [-0.3, -0.25) is 4.98 Å². The van der Waals surface area contributed by atoms with Gasteiger partial charge in [-0.05, 0) is 31.5 Å². The molecule has 0 fully saturated rings. The second-order valence-corrected chi connectivity index (χ2v) is 5.61. The fraction of sp³-hybridized carbons (Fsp3) is 0.143. The highest BCUT2D eigenvalue weighted by molar-refractivity contribution is 7.15. The lowest BCUT2D eigenvalue weighted by Gasteiger charge is -2.07. The van der Waals surface area contributed by atoms with E-state index in [-0.39, 0.29) is 0 Å². The van der Waals surface area contributed by atoms with E-state index in [2.05, 4.69) is 31.3 Å². The normalized spacial score (nSPS) is 10.5. The molecule has 0 saturated carbocycles. The molecule has 100 valence electrons. The molecule has 0 bridgehead atoms. The molecular weight excluding hydrogens is 270 g/mol. The van der Waals surface area contributed by atoms with Crippen LogP contribution in [0.5, 0.6) is 0 Å². The van der Waals surface area contributed by atoms with Crippen LogP contribution in [0.1, 0.15) is 10.6 Å². The summed E-state index contributed by atoms with van der Waals surface area (Å²) in [6.07, 6.45) is 6.81. The van der Waals surface area contributed by atoms with Crippen LogP contribution < -0.4 is 5.32 Å². The molecule has 0 spiro atoms. The quantitative estimate of drug-likeness (QED) is 0.798. The van der Waals surface area contributed by atoms with Crippen LogP contribution in [0.15, 0.2) is 36.9 Å². The number of aromatic nitrogens is 4. The second kappa shape index (κ2) is 5.34. The molecule has 0 aliphatic carbocycles. The van der Waals surface area contributed by atoms with Gasteiger partial charge in [-0.2, -0.15) is 0 Å². The Bertz CT molecular complexity index is 723. The largest absolute Gasteiger partial charge is 0.324 e. The van der Waals surface area contributed by atoms with E-state index in [1.54, 1.807) is 29.9 Å². The van der Waals surface area contributed by atoms with E-state index in [1.807, 2.05) is 26.1 Å². The van der Waals surface area contributed by atoms with E-state index < -0.39 is 0 Å². The minimum atomic E-state index is 0.678. The van der Waals surface area contributed by atoms with Crippen LogP contribution in [-0.4, -0.2) is 19.9 Å². The van der Waals surface area contributed by atoms with Gasteiger partial charge in [-0.15, -0.1) is 11.3 Å². The van der Waals surface area contributed by atoms with Gasteiger partial charge in [-0.1, -0.05) is 0 Å². The van der Waals surface area contributed by atoms with E-state index in [0.29, 0.717) is 5.82 Å². The fourth-order valence-electron chi connectivity index (χ4n) is 1.83. The fourth-order valence-corrected chi connectivity index (χ4v) is 2.57. The van der Waals surface area contributed by atoms with Crippen molar-refractivity contribution in [2.24, 2.45) is 0 Å². The van der Waals surface area contributed by atoms with E-state index in [0.717, 1.165) is 27.0 Å². The number of nitrogens with zero attached hydrogens (tertiary/aromatic N) is 4. The minimum Gasteiger partial charge on any atom is -0.324 e. The lowest BCUT2D eigenvalue weighted by Crippen LogP contribution is -1.97. The molecular formula is C14H13N5S. The van der Waals surface area contributed by atoms with Crippen LogP contribution in [0.3, 0.4) is 0 Å². The Labute approximate surface area is 120 Å². The minimum absolute atomic E-state index is 0.678. The number of nitrogens with one attached hydrogen (secondary N) is 1. The predicted molar refractivity (Wildman–Crippen MR) is 80.1 cm³/mol. The lowest BCUT2D eigenvalue weighted by atomic mass is 10.2. The number of hydrogen-bond donors (Lipinski definition) is 1. The summed E-state index contributed by atoms with van der Waals surface area (Å²) in [5, 5.41) is 4.20. The molecule has 3 rings (SSSR count). The summed E-state index contributed by atoms with van der Waals surface area (Å²) in [6.45, 7) is 4.03. The average Bonchev–Trinajstić information content (AvgIpc) is 2.86. The van der Waals surface area contributed by atoms with Gasteiger partial charge in [0, 0.05) is 18.6 Å². The van der Waals surface area contributed by atoms with Gasteiger partial charge >= 0.3 is 0 Å². The first kappa shape index (κ1) is 12.7. The van der Waals surface area contributed by atoms with Crippen molar-refractivity contribution >= 4 is 23.0 Å². The van der Waals surface area contributed by atoms with Crippen LogP contribution in [0.25, 0.3) is 10.6 Å². The third-order valence-corrected chi connectivity index (χ3v) is 3.60. The average molecular weight is 283 g/mol. The smallest absolute Gasteiger partial charge is 0.150 e. The zero-order chi connectivity index (χ0) is 13.9. The molecule has 3 heterocycles. The number of thiazole rings is 1. The van der Waals surface area contributed by atoms with Crippen LogP contribution in [0.2, 0.25) is 0 Å². The highest BCUT2D eigenvalue weighted by atomic mass is 32.1. The van der Waals surface area contributed by atoms with Crippen molar-refractivity contribution in [1.29, 1.82) is 0 Å². The van der Waals surface area contributed by atoms with Crippen LogP contribution in [0, 0.1) is 13.8 Å². The molecule has 0 amide bonds. The molecule has 0 unspecified atom stereocenters. The Morgan fingerprint density at radius 1 is 1.00 bits per heavy atom. The van der Waals surface area contributed by atoms with Gasteiger partial charge in [-0.25, -0.2) is 15.0 Å². The molecule has 6 heteroatoms. The molecule has 5 nitrogen and oxygen atoms in total. The maximum Gasteiger partial charge on any atom is 0.150 e. The Balaban J connectivity index is 1.95. The Morgan fingerprint density at radius 2 is 1.90 bits per heavy atom. The van der Waals surface area contributed by atoms with Gasteiger partial charge in [0.05, 0.1) is 21.8 Å². The van der Waals surface area contributed by atoms with Crippen LogP contribution >= 0.6 is 11.3 Å². The Kier molecular flexibility index (Phi) is 3.39. The van der Waals surface area contributed by atoms with Gasteiger partial charge < -0.3 is 5.32 Å². The monoisotopic (exact) mass is 283 g/mol. The van der Waals surface area contributed by atoms with Crippen molar-refractivity contribution in [1.82, 2.24) is 19.9 Å². The summed E-state index contributed by atoms with van der Waals surface area (Å²) < 4.78 is 0. The molecule has 0 aliphatic rings. The first-order valence-corrected chi connectivity index (χ1v) is 6.97. The second-order valence-electron chi connectivity index (χ2n) is 4.37. The first-order valence-electron chi connectivity index (χ1n) is 6.15. The van der Waals surface area contributed by atoms with Crippen LogP contribution in [0.4, 0.5) is 11.6 Å². The molecule has 3 aromatic rings. The van der Waals surface area contributed by atoms with Crippen LogP contribution in [-0.2, 0) is 0 Å². The van der Waals surface area contributed by atoms with E-state index >= 15 is 0 Å². The third kappa shape index (κ3) is 2.80. The summed E-state index contributed by atoms with van der Waals surface area (Å²) in [7, 11) is 0. The van der Waals surface area contributed by atoms with Crippen molar-refractivity contribution in [2.75, 3.05) is 5.32 Å². The molecule has 1 N–H and O–H groups in total. The number of hydrogen-bond acceptors (Lipinski definition) is 6. The highest BCUT2D eigenvalue weighted by Gasteiger charge is 2.07. The molecule has 0 aromatic carbocycles. The summed E-state index contributed by atoms with van der Waals surface area (Å²) >= 11 is 1.64. The molecule has 0 aliphatic heterocycles. The number of anilines is 2. The zero-order valence-corrected chi connectivity index (χ0v) is 12.0. The zero-order valence-electron chi connectivity index (χ0n) is 11.2. The van der Waals surface area contributed by atoms with E-state index in [1.165, 1.54) is 0 Å². The molecule has 0 atom stereocenters. The number of aryl methyl sites for hydroxylation is 2. The van der Waals surface area contributed by atoms with Crippen molar-refractivity contribution in [2.45, 2.75) is 13.8 Å². The summed E-state index contributed by atoms with van der Waals surface area (Å²) in [5.41, 5.74) is 2.05. The van der Waals surface area contributed by atoms with Gasteiger partial charge in [0.15, 0.2) is 0 Å². The Morgan fingerprint density at radius 3 is 2.60 bits per heavy atom. The van der Waals surface area contributed by atoms with E-state index in [9.17, 15) is 0 Å². The third-order valence-electron chi connectivity index (χ3n) is 2.66. The van der Waals surface area contributed by atoms with Crippen molar-refractivity contribution in [3.8, 4) is 10.6 Å². The summed E-state index contributed by atoms with van der Waals surface area (Å²) in [5.74, 6) is 1.43. The maximum atomic E-state index is 4.60. The summed E-state index contributed by atoms with van der Waals surface area (Å²) in [4.78, 5) is 18.2. The molecule has 0 saturated heterocycles. The van der Waals surface area contributed by atoms with Gasteiger partial charge in [0.2, 0.25) is 0 Å². The number of pyridine rings is 1. The standard InChI is InChI=1S/C14H13N5S/c1-9-5-11(12-7-17-10(2)20-12)18-13(6-9)19-14-8-15-3-4-16-14/h3-8H,1-2H3,(H,16,18,19). The van der Waals surface area contributed by atoms with Crippen molar-refractivity contribution in [3.63, 3.8) is 0 Å². The van der Waals surface area contributed by atoms with E-state index in [4.69, 9.17) is 0 Å². The van der Waals surface area contributed by atoms with Crippen molar-refractivity contribution < 1.29 is 0 Å². The summed E-state index contributed by atoms with van der Waals surface area (Å²) in [6, 6.07) is 4.03. The predicted octanol–water partition coefficient (Wildman–Crippen LogP) is 3.36. The first-order chi connectivity index (χ1) is 9.70. The molecule has 20 heavy (non-hydrogen) atoms. The topological polar surface area (TPSA) is 63.6 Å². The van der Waals surface area contributed by atoms with Gasteiger partial charge in [0.25, 0.3) is 0 Å². The SMILES string of the molecule is Cc1cc(Nc2cnccn2)nc(-c2cnc(C)s2)c1. The van der Waals surface area contributed by atoms with Gasteiger partial charge in [0.1, 0.15) is 11.6 Å². The Hall–Kier alpha value is -2.34. The number of rotatable bonds is 3. The highest BCUT2D eigenvalue weighted by Crippen LogP contribution is 2.26. The molecule has 3 aromatic heterocycles. The maximum absolute atomic E-state index is 4.60. The molecule has 0 radical (unpaired) electrons. The van der Waals surface area contributed by atoms with Crippen molar-refractivity contribution in [3.05, 3.63) is 47.5 Å².